The van der Waals surface area contributed by atoms with Crippen molar-refractivity contribution in [2.75, 3.05) is 0 Å². The first kappa shape index (κ1) is 15.7. The summed E-state index contributed by atoms with van der Waals surface area (Å²) in [4.78, 5) is 0. The molecule has 1 unspecified atom stereocenters. The summed E-state index contributed by atoms with van der Waals surface area (Å²) in [5, 5.41) is 0. The second kappa shape index (κ2) is 5.28. The monoisotopic (exact) mass is 301 g/mol. The van der Waals surface area contributed by atoms with Crippen molar-refractivity contribution in [3.05, 3.63) is 34.9 Å². The molecule has 2 nitrogen and oxygen atoms in total. The average molecular weight is 301 g/mol. The SMILES string of the molecule is CC(N[S@+]([O-])C(C)(C)C)c1cccc2c1CCC2(F)F. The van der Waals surface area contributed by atoms with Gasteiger partial charge in [0, 0.05) is 23.3 Å². The molecule has 1 aliphatic carbocycles. The lowest BCUT2D eigenvalue weighted by atomic mass is 9.98. The van der Waals surface area contributed by atoms with Crippen LogP contribution in [0.2, 0.25) is 0 Å². The van der Waals surface area contributed by atoms with Gasteiger partial charge >= 0.3 is 0 Å². The standard InChI is InChI=1S/C15H21F2NOS/c1-10(18-20(19)14(2,3)4)11-6-5-7-13-12(11)8-9-15(13,16)17/h5-7,10,18H,8-9H2,1-4H3/t10?,20-/m1/s1. The van der Waals surface area contributed by atoms with Gasteiger partial charge < -0.3 is 4.55 Å². The van der Waals surface area contributed by atoms with Crippen LogP contribution in [0.1, 0.15) is 56.8 Å². The quantitative estimate of drug-likeness (QED) is 0.861. The first-order chi connectivity index (χ1) is 9.13. The van der Waals surface area contributed by atoms with E-state index < -0.39 is 17.3 Å². The Morgan fingerprint density at radius 3 is 2.60 bits per heavy atom. The first-order valence-electron chi connectivity index (χ1n) is 6.81. The zero-order valence-electron chi connectivity index (χ0n) is 12.3. The molecule has 0 radical (unpaired) electrons. The molecular formula is C15H21F2NOS. The van der Waals surface area contributed by atoms with Crippen LogP contribution in [0, 0.1) is 0 Å². The van der Waals surface area contributed by atoms with Gasteiger partial charge in [0.2, 0.25) is 0 Å². The van der Waals surface area contributed by atoms with Crippen molar-refractivity contribution < 1.29 is 13.3 Å². The van der Waals surface area contributed by atoms with Crippen molar-refractivity contribution in [3.8, 4) is 0 Å². The molecule has 2 rings (SSSR count). The Morgan fingerprint density at radius 1 is 1.35 bits per heavy atom. The molecule has 20 heavy (non-hydrogen) atoms. The Hall–Kier alpha value is -0.650. The minimum absolute atomic E-state index is 0.130. The van der Waals surface area contributed by atoms with Crippen LogP contribution in [-0.2, 0) is 23.7 Å². The molecule has 0 spiro atoms. The van der Waals surface area contributed by atoms with Gasteiger partial charge in [-0.25, -0.2) is 8.78 Å². The third kappa shape index (κ3) is 3.00. The Kier molecular flexibility index (Phi) is 4.15. The molecule has 0 bridgehead atoms. The van der Waals surface area contributed by atoms with Gasteiger partial charge in [-0.2, -0.15) is 0 Å². The molecule has 0 saturated carbocycles. The van der Waals surface area contributed by atoms with Crippen molar-refractivity contribution in [2.45, 2.75) is 57.2 Å². The molecule has 0 aromatic heterocycles. The Morgan fingerprint density at radius 2 is 2.00 bits per heavy atom. The highest BCUT2D eigenvalue weighted by Crippen LogP contribution is 2.43. The summed E-state index contributed by atoms with van der Waals surface area (Å²) < 4.78 is 42.3. The average Bonchev–Trinajstić information content (AvgIpc) is 2.64. The maximum Gasteiger partial charge on any atom is 0.273 e. The predicted octanol–water partition coefficient (Wildman–Crippen LogP) is 3.84. The number of halogens is 2. The fraction of sp³-hybridized carbons (Fsp3) is 0.600. The molecular weight excluding hydrogens is 280 g/mol. The van der Waals surface area contributed by atoms with E-state index in [1.165, 1.54) is 6.07 Å². The molecule has 0 saturated heterocycles. The summed E-state index contributed by atoms with van der Waals surface area (Å²) in [7, 11) is 0. The maximum absolute atomic E-state index is 13.8. The van der Waals surface area contributed by atoms with E-state index in [0.29, 0.717) is 12.0 Å². The zero-order valence-corrected chi connectivity index (χ0v) is 13.1. The molecule has 0 aliphatic heterocycles. The van der Waals surface area contributed by atoms with Crippen LogP contribution >= 0.6 is 0 Å². The van der Waals surface area contributed by atoms with Crippen molar-refractivity contribution in [1.82, 2.24) is 4.72 Å². The molecule has 0 amide bonds. The van der Waals surface area contributed by atoms with E-state index in [4.69, 9.17) is 0 Å². The molecule has 0 fully saturated rings. The molecule has 112 valence electrons. The zero-order chi connectivity index (χ0) is 15.1. The molecule has 1 aromatic carbocycles. The highest BCUT2D eigenvalue weighted by molar-refractivity contribution is 7.90. The number of hydrogen-bond acceptors (Lipinski definition) is 2. The first-order valence-corrected chi connectivity index (χ1v) is 7.96. The normalized spacial score (nSPS) is 20.6. The van der Waals surface area contributed by atoms with E-state index in [2.05, 4.69) is 4.72 Å². The minimum atomic E-state index is -2.73. The summed E-state index contributed by atoms with van der Waals surface area (Å²) in [6.45, 7) is 7.51. The number of nitrogens with one attached hydrogen (secondary N) is 1. The third-order valence-corrected chi connectivity index (χ3v) is 5.28. The summed E-state index contributed by atoms with van der Waals surface area (Å²) in [6, 6.07) is 4.79. The number of benzene rings is 1. The van der Waals surface area contributed by atoms with Gasteiger partial charge in [0.15, 0.2) is 0 Å². The second-order valence-electron chi connectivity index (χ2n) is 6.30. The Bertz CT molecular complexity index is 499. The summed E-state index contributed by atoms with van der Waals surface area (Å²) in [5.74, 6) is -2.73. The van der Waals surface area contributed by atoms with Crippen LogP contribution in [0.5, 0.6) is 0 Å². The topological polar surface area (TPSA) is 35.1 Å². The van der Waals surface area contributed by atoms with E-state index in [0.717, 1.165) is 5.56 Å². The summed E-state index contributed by atoms with van der Waals surface area (Å²) >= 11 is -1.22. The van der Waals surface area contributed by atoms with Gasteiger partial charge in [-0.3, -0.25) is 0 Å². The van der Waals surface area contributed by atoms with E-state index in [9.17, 15) is 13.3 Å². The van der Waals surface area contributed by atoms with E-state index in [1.807, 2.05) is 33.8 Å². The second-order valence-corrected chi connectivity index (χ2v) is 8.30. The van der Waals surface area contributed by atoms with Crippen molar-refractivity contribution >= 4 is 11.4 Å². The number of alkyl halides is 2. The highest BCUT2D eigenvalue weighted by Gasteiger charge is 2.40. The van der Waals surface area contributed by atoms with Crippen LogP contribution in [0.4, 0.5) is 8.78 Å². The van der Waals surface area contributed by atoms with Crippen molar-refractivity contribution in [1.29, 1.82) is 0 Å². The van der Waals surface area contributed by atoms with E-state index >= 15 is 0 Å². The molecule has 1 aromatic rings. The lowest BCUT2D eigenvalue weighted by Gasteiger charge is -2.27. The predicted molar refractivity (Wildman–Crippen MR) is 78.1 cm³/mol. The van der Waals surface area contributed by atoms with Crippen LogP contribution < -0.4 is 4.72 Å². The van der Waals surface area contributed by atoms with Crippen LogP contribution in [0.15, 0.2) is 18.2 Å². The Labute approximate surface area is 122 Å². The molecule has 5 heteroatoms. The lowest BCUT2D eigenvalue weighted by Crippen LogP contribution is -2.40. The molecule has 1 aliphatic rings. The van der Waals surface area contributed by atoms with E-state index in [-0.39, 0.29) is 22.8 Å². The highest BCUT2D eigenvalue weighted by atomic mass is 32.2. The van der Waals surface area contributed by atoms with Crippen molar-refractivity contribution in [2.24, 2.45) is 0 Å². The van der Waals surface area contributed by atoms with Gasteiger partial charge in [0.25, 0.3) is 5.92 Å². The fourth-order valence-electron chi connectivity index (χ4n) is 2.45. The van der Waals surface area contributed by atoms with Gasteiger partial charge in [0.1, 0.15) is 4.75 Å². The molecule has 0 heterocycles. The van der Waals surface area contributed by atoms with Crippen LogP contribution in [0.3, 0.4) is 0 Å². The van der Waals surface area contributed by atoms with Gasteiger partial charge in [0.05, 0.1) is 6.04 Å². The maximum atomic E-state index is 13.8. The third-order valence-electron chi connectivity index (χ3n) is 3.60. The number of rotatable bonds is 3. The Balaban J connectivity index is 2.25. The minimum Gasteiger partial charge on any atom is -0.598 e. The van der Waals surface area contributed by atoms with Crippen LogP contribution in [0.25, 0.3) is 0 Å². The van der Waals surface area contributed by atoms with Crippen LogP contribution in [-0.4, -0.2) is 9.30 Å². The summed E-state index contributed by atoms with van der Waals surface area (Å²) in [5.41, 5.74) is 1.67. The van der Waals surface area contributed by atoms with E-state index in [1.54, 1.807) is 6.07 Å². The van der Waals surface area contributed by atoms with Gasteiger partial charge in [-0.15, -0.1) is 4.72 Å². The fourth-order valence-corrected chi connectivity index (χ4v) is 3.25. The number of fused-ring (bicyclic) bond motifs is 1. The summed E-state index contributed by atoms with van der Waals surface area (Å²) in [6.07, 6.45) is 0.251. The van der Waals surface area contributed by atoms with Crippen molar-refractivity contribution in [3.63, 3.8) is 0 Å². The smallest absolute Gasteiger partial charge is 0.273 e. The van der Waals surface area contributed by atoms with Gasteiger partial charge in [-0.1, -0.05) is 18.2 Å². The number of hydrogen-bond donors (Lipinski definition) is 1. The largest absolute Gasteiger partial charge is 0.598 e. The van der Waals surface area contributed by atoms with Gasteiger partial charge in [-0.05, 0) is 45.2 Å². The molecule has 2 atom stereocenters. The molecule has 1 N–H and O–H groups in total. The lowest BCUT2D eigenvalue weighted by molar-refractivity contribution is -0.00184.